The van der Waals surface area contributed by atoms with Crippen LogP contribution >= 0.6 is 23.2 Å². The molecule has 0 saturated heterocycles. The summed E-state index contributed by atoms with van der Waals surface area (Å²) in [5.74, 6) is -0.386. The number of carbonyl (C=O) groups excluding carboxylic acids is 3. The summed E-state index contributed by atoms with van der Waals surface area (Å²) in [5, 5.41) is 6.00. The van der Waals surface area contributed by atoms with Crippen molar-refractivity contribution in [1.82, 2.24) is 10.6 Å². The third-order valence-electron chi connectivity index (χ3n) is 3.46. The number of amides is 2. The number of carbonyl (C=O) groups is 3. The van der Waals surface area contributed by atoms with E-state index in [1.165, 1.54) is 36.4 Å². The van der Waals surface area contributed by atoms with Gasteiger partial charge in [0.05, 0.1) is 16.7 Å². The van der Waals surface area contributed by atoms with E-state index in [4.69, 9.17) is 27.9 Å². The minimum Gasteiger partial charge on any atom is -0.434 e. The highest BCUT2D eigenvalue weighted by Crippen LogP contribution is 2.22. The fraction of sp³-hybridized carbons (Fsp3) is 0.211. The number of rotatable bonds is 7. The van der Waals surface area contributed by atoms with Crippen LogP contribution in [-0.2, 0) is 4.74 Å². The van der Waals surface area contributed by atoms with Crippen LogP contribution < -0.4 is 15.4 Å². The van der Waals surface area contributed by atoms with E-state index in [0.717, 1.165) is 0 Å². The van der Waals surface area contributed by atoms with Crippen molar-refractivity contribution < 1.29 is 23.9 Å². The lowest BCUT2D eigenvalue weighted by Crippen LogP contribution is -2.34. The monoisotopic (exact) mass is 424 g/mol. The Bertz CT molecular complexity index is 856. The molecule has 0 aliphatic rings. The van der Waals surface area contributed by atoms with E-state index in [0.29, 0.717) is 16.1 Å². The van der Waals surface area contributed by atoms with Gasteiger partial charge in [0.1, 0.15) is 5.75 Å². The van der Waals surface area contributed by atoms with Crippen LogP contribution in [-0.4, -0.2) is 37.7 Å². The quantitative estimate of drug-likeness (QED) is 0.401. The summed E-state index contributed by atoms with van der Waals surface area (Å²) < 4.78 is 9.58. The van der Waals surface area contributed by atoms with Gasteiger partial charge in [0.15, 0.2) is 0 Å². The molecule has 0 bridgehead atoms. The first-order valence-electron chi connectivity index (χ1n) is 8.36. The van der Waals surface area contributed by atoms with E-state index in [9.17, 15) is 14.4 Å². The van der Waals surface area contributed by atoms with Crippen LogP contribution in [0.1, 0.15) is 27.6 Å². The normalized spacial score (nSPS) is 10.1. The van der Waals surface area contributed by atoms with Crippen molar-refractivity contribution in [3.05, 3.63) is 63.6 Å². The average molecular weight is 425 g/mol. The molecule has 148 valence electrons. The first-order chi connectivity index (χ1) is 13.4. The molecule has 2 N–H and O–H groups in total. The predicted molar refractivity (Wildman–Crippen MR) is 105 cm³/mol. The van der Waals surface area contributed by atoms with Crippen LogP contribution in [0.5, 0.6) is 5.75 Å². The molecule has 0 aliphatic carbocycles. The smallest absolute Gasteiger partial charge is 0.434 e. The molecular weight excluding hydrogens is 407 g/mol. The molecule has 0 fully saturated rings. The summed E-state index contributed by atoms with van der Waals surface area (Å²) in [5.41, 5.74) is 0.755. The van der Waals surface area contributed by atoms with Gasteiger partial charge in [-0.1, -0.05) is 23.2 Å². The van der Waals surface area contributed by atoms with E-state index in [-0.39, 0.29) is 42.3 Å². The molecule has 0 unspecified atom stereocenters. The van der Waals surface area contributed by atoms with Gasteiger partial charge in [-0.3, -0.25) is 9.59 Å². The van der Waals surface area contributed by atoms with Crippen LogP contribution in [0.3, 0.4) is 0 Å². The molecule has 2 aromatic rings. The van der Waals surface area contributed by atoms with Crippen LogP contribution in [0.15, 0.2) is 42.5 Å². The zero-order chi connectivity index (χ0) is 20.5. The summed E-state index contributed by atoms with van der Waals surface area (Å²) in [7, 11) is 0. The van der Waals surface area contributed by atoms with E-state index in [2.05, 4.69) is 15.4 Å². The molecule has 2 amide bonds. The van der Waals surface area contributed by atoms with Crippen LogP contribution in [0.2, 0.25) is 10.0 Å². The molecule has 0 atom stereocenters. The fourth-order valence-electron chi connectivity index (χ4n) is 2.11. The van der Waals surface area contributed by atoms with Crippen molar-refractivity contribution in [2.75, 3.05) is 19.7 Å². The topological polar surface area (TPSA) is 93.7 Å². The molecule has 0 aromatic heterocycles. The van der Waals surface area contributed by atoms with Gasteiger partial charge in [-0.15, -0.1) is 0 Å². The van der Waals surface area contributed by atoms with Gasteiger partial charge < -0.3 is 20.1 Å². The Kier molecular flexibility index (Phi) is 8.10. The SMILES string of the molecule is CCOC(=O)Oc1ccc(C(=O)NCCNC(=O)c2ccc(Cl)c(Cl)c2)cc1. The van der Waals surface area contributed by atoms with Gasteiger partial charge in [-0.05, 0) is 49.4 Å². The maximum atomic E-state index is 12.1. The highest BCUT2D eigenvalue weighted by Gasteiger charge is 2.10. The van der Waals surface area contributed by atoms with E-state index in [1.54, 1.807) is 13.0 Å². The first kappa shape index (κ1) is 21.5. The van der Waals surface area contributed by atoms with E-state index >= 15 is 0 Å². The first-order valence-corrected chi connectivity index (χ1v) is 9.12. The number of hydrogen-bond donors (Lipinski definition) is 2. The molecule has 2 rings (SSSR count). The maximum absolute atomic E-state index is 12.1. The number of benzene rings is 2. The molecule has 2 aromatic carbocycles. The number of halogens is 2. The minimum atomic E-state index is -0.808. The maximum Gasteiger partial charge on any atom is 0.513 e. The van der Waals surface area contributed by atoms with Crippen LogP contribution in [0.25, 0.3) is 0 Å². The summed E-state index contributed by atoms with van der Waals surface area (Å²) in [6.45, 7) is 2.34. The summed E-state index contributed by atoms with van der Waals surface area (Å²) in [4.78, 5) is 35.3. The Morgan fingerprint density at radius 3 is 2.00 bits per heavy atom. The molecule has 0 aliphatic heterocycles. The van der Waals surface area contributed by atoms with Crippen LogP contribution in [0.4, 0.5) is 4.79 Å². The van der Waals surface area contributed by atoms with Gasteiger partial charge in [0.25, 0.3) is 11.8 Å². The van der Waals surface area contributed by atoms with Gasteiger partial charge >= 0.3 is 6.16 Å². The van der Waals surface area contributed by atoms with Crippen molar-refractivity contribution in [3.8, 4) is 5.75 Å². The van der Waals surface area contributed by atoms with Crippen molar-refractivity contribution in [2.45, 2.75) is 6.92 Å². The van der Waals surface area contributed by atoms with Gasteiger partial charge in [-0.2, -0.15) is 0 Å². The predicted octanol–water partition coefficient (Wildman–Crippen LogP) is 3.69. The molecule has 0 spiro atoms. The molecule has 9 heteroatoms. The van der Waals surface area contributed by atoms with Crippen molar-refractivity contribution >= 4 is 41.2 Å². The van der Waals surface area contributed by atoms with Gasteiger partial charge in [0.2, 0.25) is 0 Å². The number of nitrogens with one attached hydrogen (secondary N) is 2. The van der Waals surface area contributed by atoms with Crippen molar-refractivity contribution in [2.24, 2.45) is 0 Å². The Hall–Kier alpha value is -2.77. The Labute approximate surface area is 171 Å². The lowest BCUT2D eigenvalue weighted by atomic mass is 10.2. The molecule has 7 nitrogen and oxygen atoms in total. The highest BCUT2D eigenvalue weighted by molar-refractivity contribution is 6.42. The Morgan fingerprint density at radius 2 is 1.43 bits per heavy atom. The molecule has 0 heterocycles. The molecule has 0 saturated carbocycles. The van der Waals surface area contributed by atoms with Crippen molar-refractivity contribution in [3.63, 3.8) is 0 Å². The lowest BCUT2D eigenvalue weighted by Gasteiger charge is -2.08. The standard InChI is InChI=1S/C19H18Cl2N2O5/c1-2-27-19(26)28-14-6-3-12(4-7-14)17(24)22-9-10-23-18(25)13-5-8-15(20)16(21)11-13/h3-8,11H,2,9-10H2,1H3,(H,22,24)(H,23,25). The third-order valence-corrected chi connectivity index (χ3v) is 4.20. The summed E-state index contributed by atoms with van der Waals surface area (Å²) in [6, 6.07) is 10.6. The van der Waals surface area contributed by atoms with Crippen molar-refractivity contribution in [1.29, 1.82) is 0 Å². The second kappa shape index (κ2) is 10.5. The third kappa shape index (κ3) is 6.44. The summed E-state index contributed by atoms with van der Waals surface area (Å²) in [6.07, 6.45) is -0.808. The zero-order valence-electron chi connectivity index (χ0n) is 15.0. The number of ether oxygens (including phenoxy) is 2. The molecule has 28 heavy (non-hydrogen) atoms. The summed E-state index contributed by atoms with van der Waals surface area (Å²) >= 11 is 11.7. The minimum absolute atomic E-state index is 0.209. The van der Waals surface area contributed by atoms with Gasteiger partial charge in [0, 0.05) is 24.2 Å². The number of hydrogen-bond acceptors (Lipinski definition) is 5. The largest absolute Gasteiger partial charge is 0.513 e. The Balaban J connectivity index is 1.76. The van der Waals surface area contributed by atoms with Crippen LogP contribution in [0, 0.1) is 0 Å². The Morgan fingerprint density at radius 1 is 0.857 bits per heavy atom. The van der Waals surface area contributed by atoms with Gasteiger partial charge in [-0.25, -0.2) is 4.79 Å². The van der Waals surface area contributed by atoms with E-state index in [1.807, 2.05) is 0 Å². The highest BCUT2D eigenvalue weighted by atomic mass is 35.5. The molecule has 0 radical (unpaired) electrons. The zero-order valence-corrected chi connectivity index (χ0v) is 16.5. The molecular formula is C19H18Cl2N2O5. The second-order valence-corrected chi connectivity index (χ2v) is 6.26. The fourth-order valence-corrected chi connectivity index (χ4v) is 2.41. The average Bonchev–Trinajstić information content (AvgIpc) is 2.67. The van der Waals surface area contributed by atoms with E-state index < -0.39 is 6.16 Å². The second-order valence-electron chi connectivity index (χ2n) is 5.45. The lowest BCUT2D eigenvalue weighted by molar-refractivity contribution is 0.0927.